The summed E-state index contributed by atoms with van der Waals surface area (Å²) in [5, 5.41) is 0. The molecule has 0 N–H and O–H groups in total. The van der Waals surface area contributed by atoms with E-state index < -0.39 is 0 Å². The van der Waals surface area contributed by atoms with Crippen molar-refractivity contribution in [2.24, 2.45) is 0 Å². The third-order valence-electron chi connectivity index (χ3n) is 6.42. The van der Waals surface area contributed by atoms with E-state index >= 15 is 0 Å². The summed E-state index contributed by atoms with van der Waals surface area (Å²) in [6, 6.07) is 35.5. The molecule has 0 heterocycles. The van der Waals surface area contributed by atoms with Gasteiger partial charge in [-0.1, -0.05) is 103 Å². The maximum atomic E-state index is 14.2. The summed E-state index contributed by atoms with van der Waals surface area (Å²) >= 11 is 0. The van der Waals surface area contributed by atoms with Gasteiger partial charge in [0.1, 0.15) is 0 Å². The van der Waals surface area contributed by atoms with Gasteiger partial charge in [0.15, 0.2) is 0 Å². The minimum atomic E-state index is 0.106. The molecule has 158 valence electrons. The summed E-state index contributed by atoms with van der Waals surface area (Å²) in [7, 11) is 0. The van der Waals surface area contributed by atoms with E-state index in [4.69, 9.17) is 0 Å². The van der Waals surface area contributed by atoms with Crippen LogP contribution in [0.15, 0.2) is 103 Å². The van der Waals surface area contributed by atoms with Crippen molar-refractivity contribution in [1.82, 2.24) is 4.90 Å². The summed E-state index contributed by atoms with van der Waals surface area (Å²) in [4.78, 5) is 16.3. The molecule has 0 saturated carbocycles. The largest absolute Gasteiger partial charge is 0.331 e. The van der Waals surface area contributed by atoms with Gasteiger partial charge in [-0.15, -0.1) is 0 Å². The third kappa shape index (κ3) is 4.09. The molecule has 0 saturated heterocycles. The van der Waals surface area contributed by atoms with Crippen LogP contribution >= 0.6 is 0 Å². The number of benzene rings is 4. The van der Waals surface area contributed by atoms with E-state index in [-0.39, 0.29) is 11.9 Å². The van der Waals surface area contributed by atoms with Crippen LogP contribution in [0.25, 0.3) is 11.1 Å². The van der Waals surface area contributed by atoms with Gasteiger partial charge in [0.05, 0.1) is 0 Å². The molecule has 0 fully saturated rings. The van der Waals surface area contributed by atoms with Gasteiger partial charge in [0.2, 0.25) is 0 Å². The summed E-state index contributed by atoms with van der Waals surface area (Å²) in [6.07, 6.45) is 1.81. The van der Waals surface area contributed by atoms with Crippen molar-refractivity contribution >= 4 is 5.91 Å². The van der Waals surface area contributed by atoms with E-state index in [2.05, 4.69) is 72.5 Å². The van der Waals surface area contributed by atoms with E-state index in [1.807, 2.05) is 42.5 Å². The van der Waals surface area contributed by atoms with Crippen molar-refractivity contribution in [1.29, 1.82) is 0 Å². The van der Waals surface area contributed by atoms with Crippen molar-refractivity contribution in [3.63, 3.8) is 0 Å². The summed E-state index contributed by atoms with van der Waals surface area (Å²) in [5.41, 5.74) is 7.82. The molecule has 2 nitrogen and oxygen atoms in total. The summed E-state index contributed by atoms with van der Waals surface area (Å²) in [6.45, 7) is 2.67. The Bertz CT molecular complexity index is 1210. The highest BCUT2D eigenvalue weighted by Crippen LogP contribution is 2.31. The van der Waals surface area contributed by atoms with Crippen LogP contribution in [-0.4, -0.2) is 16.8 Å². The lowest BCUT2D eigenvalue weighted by atomic mass is 9.96. The number of amides is 1. The SMILES string of the molecule is Cc1ccc(-c2ccccc2)c(C(=O)N(Cc2ccccc2)C2Cc3ccccc3C2)c1. The first-order chi connectivity index (χ1) is 15.7. The second-order valence-electron chi connectivity index (χ2n) is 8.66. The first-order valence-corrected chi connectivity index (χ1v) is 11.3. The van der Waals surface area contributed by atoms with Gasteiger partial charge in [0, 0.05) is 18.2 Å². The Balaban J connectivity index is 1.55. The van der Waals surface area contributed by atoms with Crippen LogP contribution in [0, 0.1) is 6.92 Å². The normalized spacial score (nSPS) is 13.0. The fourth-order valence-electron chi connectivity index (χ4n) is 4.76. The fraction of sp³-hybridized carbons (Fsp3) is 0.167. The molecule has 0 aliphatic heterocycles. The van der Waals surface area contributed by atoms with Crippen LogP contribution in [0.2, 0.25) is 0 Å². The maximum Gasteiger partial charge on any atom is 0.255 e. The molecule has 1 amide bonds. The van der Waals surface area contributed by atoms with Gasteiger partial charge in [0.25, 0.3) is 5.91 Å². The van der Waals surface area contributed by atoms with Gasteiger partial charge in [-0.3, -0.25) is 4.79 Å². The molecule has 0 aromatic heterocycles. The number of nitrogens with zero attached hydrogens (tertiary/aromatic N) is 1. The third-order valence-corrected chi connectivity index (χ3v) is 6.42. The number of hydrogen-bond acceptors (Lipinski definition) is 1. The van der Waals surface area contributed by atoms with E-state index in [0.29, 0.717) is 6.54 Å². The van der Waals surface area contributed by atoms with Crippen molar-refractivity contribution in [2.75, 3.05) is 0 Å². The Hall–Kier alpha value is -3.65. The van der Waals surface area contributed by atoms with Gasteiger partial charge in [-0.05, 0) is 53.6 Å². The molecule has 1 aliphatic carbocycles. The number of rotatable bonds is 5. The van der Waals surface area contributed by atoms with Gasteiger partial charge in [-0.25, -0.2) is 0 Å². The molecule has 1 aliphatic rings. The zero-order chi connectivity index (χ0) is 21.9. The van der Waals surface area contributed by atoms with Crippen LogP contribution in [0.3, 0.4) is 0 Å². The minimum Gasteiger partial charge on any atom is -0.331 e. The number of carbonyl (C=O) groups excluding carboxylic acids is 1. The van der Waals surface area contributed by atoms with Gasteiger partial charge >= 0.3 is 0 Å². The van der Waals surface area contributed by atoms with Crippen LogP contribution in [0.1, 0.15) is 32.6 Å². The minimum absolute atomic E-state index is 0.106. The van der Waals surface area contributed by atoms with Crippen molar-refractivity contribution < 1.29 is 4.79 Å². The lowest BCUT2D eigenvalue weighted by Gasteiger charge is -2.30. The summed E-state index contributed by atoms with van der Waals surface area (Å²) < 4.78 is 0. The van der Waals surface area contributed by atoms with E-state index in [1.165, 1.54) is 11.1 Å². The Morgan fingerprint density at radius 2 is 1.38 bits per heavy atom. The van der Waals surface area contributed by atoms with E-state index in [0.717, 1.165) is 40.7 Å². The Morgan fingerprint density at radius 3 is 2.03 bits per heavy atom. The average molecular weight is 418 g/mol. The highest BCUT2D eigenvalue weighted by atomic mass is 16.2. The van der Waals surface area contributed by atoms with Gasteiger partial charge < -0.3 is 4.90 Å². The number of aryl methyl sites for hydroxylation is 1. The van der Waals surface area contributed by atoms with Crippen molar-refractivity contribution in [3.8, 4) is 11.1 Å². The molecule has 0 bridgehead atoms. The van der Waals surface area contributed by atoms with Crippen LogP contribution in [-0.2, 0) is 19.4 Å². The predicted octanol–water partition coefficient (Wildman–Crippen LogP) is 6.47. The topological polar surface area (TPSA) is 20.3 Å². The quantitative estimate of drug-likeness (QED) is 0.364. The fourth-order valence-corrected chi connectivity index (χ4v) is 4.76. The van der Waals surface area contributed by atoms with Crippen LogP contribution < -0.4 is 0 Å². The van der Waals surface area contributed by atoms with E-state index in [9.17, 15) is 4.79 Å². The van der Waals surface area contributed by atoms with Crippen molar-refractivity contribution in [2.45, 2.75) is 32.4 Å². The molecule has 0 spiro atoms. The first-order valence-electron chi connectivity index (χ1n) is 11.3. The zero-order valence-electron chi connectivity index (χ0n) is 18.4. The van der Waals surface area contributed by atoms with Crippen LogP contribution in [0.4, 0.5) is 0 Å². The van der Waals surface area contributed by atoms with E-state index in [1.54, 1.807) is 0 Å². The molecule has 0 unspecified atom stereocenters. The number of fused-ring (bicyclic) bond motifs is 1. The maximum absolute atomic E-state index is 14.2. The summed E-state index contributed by atoms with van der Waals surface area (Å²) in [5.74, 6) is 0.106. The molecule has 0 radical (unpaired) electrons. The molecule has 0 atom stereocenters. The molecular weight excluding hydrogens is 390 g/mol. The lowest BCUT2D eigenvalue weighted by molar-refractivity contribution is 0.0668. The molecule has 4 aromatic rings. The molecule has 4 aromatic carbocycles. The zero-order valence-corrected chi connectivity index (χ0v) is 18.4. The highest BCUT2D eigenvalue weighted by molar-refractivity contribution is 6.01. The smallest absolute Gasteiger partial charge is 0.255 e. The standard InChI is InChI=1S/C30H27NO/c1-22-16-17-28(24-12-6-3-7-13-24)29(18-22)30(32)31(21-23-10-4-2-5-11-23)27-19-25-14-8-9-15-26(25)20-27/h2-18,27H,19-21H2,1H3. The number of hydrogen-bond donors (Lipinski definition) is 0. The Kier molecular flexibility index (Phi) is 5.60. The average Bonchev–Trinajstić information content (AvgIpc) is 3.27. The van der Waals surface area contributed by atoms with Crippen molar-refractivity contribution in [3.05, 3.63) is 131 Å². The monoisotopic (exact) mass is 417 g/mol. The first kappa shape index (κ1) is 20.3. The molecule has 32 heavy (non-hydrogen) atoms. The Morgan fingerprint density at radius 1 is 0.781 bits per heavy atom. The second kappa shape index (κ2) is 8.84. The Labute approximate surface area is 190 Å². The number of carbonyl (C=O) groups is 1. The highest BCUT2D eigenvalue weighted by Gasteiger charge is 2.31. The molecule has 5 rings (SSSR count). The second-order valence-corrected chi connectivity index (χ2v) is 8.66. The predicted molar refractivity (Wildman–Crippen MR) is 131 cm³/mol. The van der Waals surface area contributed by atoms with Crippen LogP contribution in [0.5, 0.6) is 0 Å². The van der Waals surface area contributed by atoms with Gasteiger partial charge in [-0.2, -0.15) is 0 Å². The molecular formula is C30H27NO. The molecule has 2 heteroatoms. The lowest BCUT2D eigenvalue weighted by Crippen LogP contribution is -2.40.